The minimum Gasteiger partial charge on any atom is -0.463 e. The zero-order chi connectivity index (χ0) is 19.2. The average Bonchev–Trinajstić information content (AvgIpc) is 2.72. The second kappa shape index (κ2) is 8.90. The lowest BCUT2D eigenvalue weighted by molar-refractivity contribution is -0.132. The minimum absolute atomic E-state index is 0.200. The lowest BCUT2D eigenvalue weighted by Gasteiger charge is -2.31. The summed E-state index contributed by atoms with van der Waals surface area (Å²) in [5, 5.41) is 9.18. The van der Waals surface area contributed by atoms with E-state index in [0.29, 0.717) is 30.1 Å². The molecule has 7 heteroatoms. The van der Waals surface area contributed by atoms with Crippen molar-refractivity contribution in [2.45, 2.75) is 32.8 Å². The average molecular weight is 373 g/mol. The van der Waals surface area contributed by atoms with Crippen molar-refractivity contribution in [3.63, 3.8) is 0 Å². The number of halogens is 1. The van der Waals surface area contributed by atoms with Gasteiger partial charge in [-0.05, 0) is 18.8 Å². The van der Waals surface area contributed by atoms with E-state index in [4.69, 9.17) is 4.74 Å². The molecule has 0 unspecified atom stereocenters. The van der Waals surface area contributed by atoms with Gasteiger partial charge in [-0.15, -0.1) is 0 Å². The molecule has 2 heterocycles. The second-order valence-electron chi connectivity index (χ2n) is 6.68. The van der Waals surface area contributed by atoms with E-state index in [1.165, 1.54) is 18.5 Å². The first kappa shape index (κ1) is 19.2. The predicted molar refractivity (Wildman–Crippen MR) is 98.4 cm³/mol. The molecule has 1 aliphatic rings. The van der Waals surface area contributed by atoms with Crippen molar-refractivity contribution in [1.29, 1.82) is 0 Å². The van der Waals surface area contributed by atoms with Crippen LogP contribution in [0.5, 0.6) is 6.01 Å². The molecule has 0 saturated carbocycles. The van der Waals surface area contributed by atoms with Crippen molar-refractivity contribution in [1.82, 2.24) is 14.9 Å². The summed E-state index contributed by atoms with van der Waals surface area (Å²) in [7, 11) is 0. The largest absolute Gasteiger partial charge is 0.463 e. The van der Waals surface area contributed by atoms with E-state index >= 15 is 0 Å². The van der Waals surface area contributed by atoms with Gasteiger partial charge in [0.15, 0.2) is 0 Å². The molecule has 1 N–H and O–H groups in total. The lowest BCUT2D eigenvalue weighted by Crippen LogP contribution is -2.39. The Morgan fingerprint density at radius 1 is 1.30 bits per heavy atom. The maximum absolute atomic E-state index is 14.3. The molecule has 0 bridgehead atoms. The number of rotatable bonds is 6. The summed E-state index contributed by atoms with van der Waals surface area (Å²) >= 11 is 0. The number of amides is 1. The molecule has 1 fully saturated rings. The van der Waals surface area contributed by atoms with Crippen LogP contribution in [-0.4, -0.2) is 45.6 Å². The highest BCUT2D eigenvalue weighted by Gasteiger charge is 2.22. The van der Waals surface area contributed by atoms with Crippen LogP contribution in [0.1, 0.15) is 31.7 Å². The van der Waals surface area contributed by atoms with Crippen molar-refractivity contribution in [3.8, 4) is 17.1 Å². The van der Waals surface area contributed by atoms with Crippen LogP contribution >= 0.6 is 0 Å². The van der Waals surface area contributed by atoms with Crippen LogP contribution in [0, 0.1) is 11.7 Å². The Hall–Kier alpha value is -2.54. The summed E-state index contributed by atoms with van der Waals surface area (Å²) in [6.45, 7) is 3.55. The number of nitrogens with zero attached hydrogens (tertiary/aromatic N) is 3. The Morgan fingerprint density at radius 3 is 2.63 bits per heavy atom. The van der Waals surface area contributed by atoms with Gasteiger partial charge >= 0.3 is 6.01 Å². The number of aromatic nitrogens is 2. The fourth-order valence-corrected chi connectivity index (χ4v) is 3.22. The SMILES string of the molecule is CCC(=O)N1CCC(COc2ncc(-c3cccc(CO)c3F)cn2)CC1. The number of benzene rings is 1. The van der Waals surface area contributed by atoms with Crippen molar-refractivity contribution in [2.24, 2.45) is 5.92 Å². The van der Waals surface area contributed by atoms with Crippen LogP contribution in [0.4, 0.5) is 4.39 Å². The van der Waals surface area contributed by atoms with Gasteiger partial charge < -0.3 is 14.7 Å². The molecule has 0 spiro atoms. The topological polar surface area (TPSA) is 75.6 Å². The molecule has 0 radical (unpaired) electrons. The van der Waals surface area contributed by atoms with Crippen LogP contribution < -0.4 is 4.74 Å². The van der Waals surface area contributed by atoms with Gasteiger partial charge in [-0.3, -0.25) is 4.79 Å². The number of likely N-dealkylation sites (tertiary alicyclic amines) is 1. The van der Waals surface area contributed by atoms with Crippen LogP contribution in [0.3, 0.4) is 0 Å². The highest BCUT2D eigenvalue weighted by molar-refractivity contribution is 5.75. The number of aliphatic hydroxyl groups is 1. The Labute approximate surface area is 158 Å². The zero-order valence-corrected chi connectivity index (χ0v) is 15.4. The number of carbonyl (C=O) groups excluding carboxylic acids is 1. The third kappa shape index (κ3) is 4.60. The zero-order valence-electron chi connectivity index (χ0n) is 15.4. The molecule has 1 aromatic heterocycles. The van der Waals surface area contributed by atoms with Gasteiger partial charge in [0.2, 0.25) is 5.91 Å². The molecule has 0 aliphatic carbocycles. The van der Waals surface area contributed by atoms with Crippen LogP contribution in [0.2, 0.25) is 0 Å². The minimum atomic E-state index is -0.467. The Kier molecular flexibility index (Phi) is 6.34. The molecule has 2 aromatic rings. The number of aliphatic hydroxyl groups excluding tert-OH is 1. The Balaban J connectivity index is 1.55. The molecule has 1 aromatic carbocycles. The first-order chi connectivity index (χ1) is 13.1. The number of piperidine rings is 1. The highest BCUT2D eigenvalue weighted by atomic mass is 19.1. The van der Waals surface area contributed by atoms with Gasteiger partial charge in [-0.2, -0.15) is 0 Å². The maximum atomic E-state index is 14.3. The third-order valence-corrected chi connectivity index (χ3v) is 4.91. The molecule has 3 rings (SSSR count). The smallest absolute Gasteiger partial charge is 0.316 e. The molecule has 6 nitrogen and oxygen atoms in total. The fraction of sp³-hybridized carbons (Fsp3) is 0.450. The highest BCUT2D eigenvalue weighted by Crippen LogP contribution is 2.25. The first-order valence-electron chi connectivity index (χ1n) is 9.23. The summed E-state index contributed by atoms with van der Waals surface area (Å²) in [4.78, 5) is 21.9. The lowest BCUT2D eigenvalue weighted by atomic mass is 9.97. The fourth-order valence-electron chi connectivity index (χ4n) is 3.22. The van der Waals surface area contributed by atoms with E-state index < -0.39 is 5.82 Å². The van der Waals surface area contributed by atoms with Crippen LogP contribution in [-0.2, 0) is 11.4 Å². The van der Waals surface area contributed by atoms with E-state index in [9.17, 15) is 14.3 Å². The summed E-state index contributed by atoms with van der Waals surface area (Å²) in [5.41, 5.74) is 1.11. The van der Waals surface area contributed by atoms with Crippen LogP contribution in [0.25, 0.3) is 11.1 Å². The number of hydrogen-bond acceptors (Lipinski definition) is 5. The van der Waals surface area contributed by atoms with Gasteiger partial charge in [0.25, 0.3) is 0 Å². The summed E-state index contributed by atoms with van der Waals surface area (Å²) < 4.78 is 20.0. The van der Waals surface area contributed by atoms with Crippen molar-refractivity contribution >= 4 is 5.91 Å². The van der Waals surface area contributed by atoms with Gasteiger partial charge in [0.1, 0.15) is 5.82 Å². The molecule has 1 saturated heterocycles. The van der Waals surface area contributed by atoms with Crippen molar-refractivity contribution in [3.05, 3.63) is 42.0 Å². The van der Waals surface area contributed by atoms with E-state index in [1.807, 2.05) is 11.8 Å². The van der Waals surface area contributed by atoms with Gasteiger partial charge in [0, 0.05) is 48.6 Å². The number of ether oxygens (including phenoxy) is 1. The monoisotopic (exact) mass is 373 g/mol. The molecule has 0 atom stereocenters. The number of carbonyl (C=O) groups is 1. The van der Waals surface area contributed by atoms with E-state index in [0.717, 1.165) is 25.9 Å². The molecule has 27 heavy (non-hydrogen) atoms. The number of hydrogen-bond donors (Lipinski definition) is 1. The standard InChI is InChI=1S/C20H24FN3O3/c1-2-18(26)24-8-6-14(7-9-24)13-27-20-22-10-16(11-23-20)17-5-3-4-15(12-25)19(17)21/h3-5,10-11,14,25H,2,6-9,12-13H2,1H3. The van der Waals surface area contributed by atoms with Gasteiger partial charge in [-0.25, -0.2) is 14.4 Å². The molecule has 144 valence electrons. The normalized spacial score (nSPS) is 15.0. The first-order valence-corrected chi connectivity index (χ1v) is 9.23. The maximum Gasteiger partial charge on any atom is 0.316 e. The van der Waals surface area contributed by atoms with Crippen molar-refractivity contribution < 1.29 is 19.0 Å². The van der Waals surface area contributed by atoms with Crippen LogP contribution in [0.15, 0.2) is 30.6 Å². The summed E-state index contributed by atoms with van der Waals surface area (Å²) in [5.74, 6) is 0.101. The van der Waals surface area contributed by atoms with Gasteiger partial charge in [0.05, 0.1) is 13.2 Å². The molecule has 1 amide bonds. The molecular weight excluding hydrogens is 349 g/mol. The van der Waals surface area contributed by atoms with Gasteiger partial charge in [-0.1, -0.05) is 25.1 Å². The van der Waals surface area contributed by atoms with E-state index in [-0.39, 0.29) is 24.1 Å². The predicted octanol–water partition coefficient (Wildman–Crippen LogP) is 2.80. The Bertz CT molecular complexity index is 775. The second-order valence-corrected chi connectivity index (χ2v) is 6.68. The quantitative estimate of drug-likeness (QED) is 0.843. The Morgan fingerprint density at radius 2 is 2.00 bits per heavy atom. The molecule has 1 aliphatic heterocycles. The van der Waals surface area contributed by atoms with Crippen molar-refractivity contribution in [2.75, 3.05) is 19.7 Å². The molecular formula is C20H24FN3O3. The summed E-state index contributed by atoms with van der Waals surface area (Å²) in [6, 6.07) is 5.10. The summed E-state index contributed by atoms with van der Waals surface area (Å²) in [6.07, 6.45) is 5.39. The third-order valence-electron chi connectivity index (χ3n) is 4.91. The van der Waals surface area contributed by atoms with E-state index in [1.54, 1.807) is 12.1 Å². The van der Waals surface area contributed by atoms with E-state index in [2.05, 4.69) is 9.97 Å².